The van der Waals surface area contributed by atoms with Gasteiger partial charge in [0, 0.05) is 42.1 Å². The van der Waals surface area contributed by atoms with Crippen molar-refractivity contribution in [3.63, 3.8) is 0 Å². The van der Waals surface area contributed by atoms with Crippen LogP contribution in [0.1, 0.15) is 71.2 Å². The van der Waals surface area contributed by atoms with E-state index in [1.54, 1.807) is 30.1 Å². The normalized spacial score (nSPS) is 25.7. The van der Waals surface area contributed by atoms with Crippen LogP contribution in [0.3, 0.4) is 0 Å². The van der Waals surface area contributed by atoms with Crippen LogP contribution in [0.4, 0.5) is 0 Å². The van der Waals surface area contributed by atoms with E-state index in [4.69, 9.17) is 9.72 Å². The molecule has 5 rings (SSSR count). The highest BCUT2D eigenvalue weighted by Crippen LogP contribution is 2.28. The average Bonchev–Trinajstić information content (AvgIpc) is 3.54. The van der Waals surface area contributed by atoms with E-state index in [1.807, 2.05) is 70.2 Å². The molecule has 5 bridgehead atoms. The molecule has 2 aliphatic rings. The molecule has 1 saturated heterocycles. The molecule has 1 unspecified atom stereocenters. The van der Waals surface area contributed by atoms with Gasteiger partial charge in [0.15, 0.2) is 0 Å². The Morgan fingerprint density at radius 3 is 2.62 bits per heavy atom. The molecule has 3 aromatic rings. The van der Waals surface area contributed by atoms with E-state index >= 15 is 0 Å². The Hall–Kier alpha value is -4.38. The molecule has 2 aromatic heterocycles. The van der Waals surface area contributed by atoms with Gasteiger partial charge in [0.2, 0.25) is 5.91 Å². The number of esters is 1. The first-order valence-electron chi connectivity index (χ1n) is 15.6. The predicted octanol–water partition coefficient (Wildman–Crippen LogP) is 4.00. The van der Waals surface area contributed by atoms with Gasteiger partial charge in [0.25, 0.3) is 5.91 Å². The standard InChI is InChI=1S/C34H42N6O5/c1-21(2)25-19-30(41)34(4,5)14-13-23-9-10-24-11-12-26(36-28(24)18-23)22(3)45-33(44)27-8-6-17-40(38-27)32(43)29(37-31(25)42)20-39-16-7-15-35-39/h7,9-16,18,21-22,25,27,29,38H,6,8,17,19-20H2,1-5H3,(H,37,42)/b14-13+/t22-,25+,27+,29?/m1/s1. The Bertz CT molecular complexity index is 1600. The van der Waals surface area contributed by atoms with Crippen molar-refractivity contribution >= 4 is 40.5 Å². The second-order valence-corrected chi connectivity index (χ2v) is 12.9. The van der Waals surface area contributed by atoms with Gasteiger partial charge in [0.05, 0.1) is 17.8 Å². The Labute approximate surface area is 263 Å². The van der Waals surface area contributed by atoms with Crippen LogP contribution in [0.2, 0.25) is 0 Å². The zero-order chi connectivity index (χ0) is 32.3. The summed E-state index contributed by atoms with van der Waals surface area (Å²) in [6.45, 7) is 9.68. The number of hydrazine groups is 1. The second-order valence-electron chi connectivity index (χ2n) is 12.9. The lowest BCUT2D eigenvalue weighted by Crippen LogP contribution is -2.61. The van der Waals surface area contributed by atoms with Crippen molar-refractivity contribution in [1.82, 2.24) is 30.5 Å². The van der Waals surface area contributed by atoms with Gasteiger partial charge in [-0.05, 0) is 63.3 Å². The third-order valence-corrected chi connectivity index (χ3v) is 8.69. The highest BCUT2D eigenvalue weighted by Gasteiger charge is 2.37. The third kappa shape index (κ3) is 7.47. The van der Waals surface area contributed by atoms with E-state index in [0.717, 1.165) is 16.5 Å². The van der Waals surface area contributed by atoms with Crippen LogP contribution in [0.5, 0.6) is 0 Å². The number of amides is 2. The van der Waals surface area contributed by atoms with Crippen molar-refractivity contribution in [3.05, 3.63) is 66.1 Å². The number of nitrogens with zero attached hydrogens (tertiary/aromatic N) is 4. The van der Waals surface area contributed by atoms with Crippen LogP contribution < -0.4 is 10.7 Å². The van der Waals surface area contributed by atoms with E-state index in [2.05, 4.69) is 15.8 Å². The summed E-state index contributed by atoms with van der Waals surface area (Å²) in [5.41, 5.74) is 4.39. The highest BCUT2D eigenvalue weighted by atomic mass is 16.5. The van der Waals surface area contributed by atoms with Gasteiger partial charge in [-0.1, -0.05) is 44.2 Å². The molecule has 0 radical (unpaired) electrons. The van der Waals surface area contributed by atoms with Crippen molar-refractivity contribution in [2.24, 2.45) is 17.3 Å². The van der Waals surface area contributed by atoms with E-state index in [-0.39, 0.29) is 30.6 Å². The minimum Gasteiger partial charge on any atom is -0.455 e. The number of nitrogens with one attached hydrogen (secondary N) is 2. The zero-order valence-corrected chi connectivity index (χ0v) is 26.5. The molecule has 4 heterocycles. The number of pyridine rings is 1. The first-order valence-corrected chi connectivity index (χ1v) is 15.6. The maximum atomic E-state index is 13.9. The van der Waals surface area contributed by atoms with Crippen LogP contribution >= 0.6 is 0 Å². The van der Waals surface area contributed by atoms with Crippen molar-refractivity contribution < 1.29 is 23.9 Å². The number of carbonyl (C=O) groups excluding carboxylic acids is 4. The van der Waals surface area contributed by atoms with Crippen molar-refractivity contribution in [1.29, 1.82) is 0 Å². The van der Waals surface area contributed by atoms with E-state index in [0.29, 0.717) is 25.1 Å². The van der Waals surface area contributed by atoms with Gasteiger partial charge >= 0.3 is 5.97 Å². The van der Waals surface area contributed by atoms with Crippen molar-refractivity contribution in [2.45, 2.75) is 78.6 Å². The number of ether oxygens (including phenoxy) is 1. The van der Waals surface area contributed by atoms with Gasteiger partial charge in [-0.25, -0.2) is 10.4 Å². The third-order valence-electron chi connectivity index (χ3n) is 8.69. The first-order chi connectivity index (χ1) is 21.4. The molecule has 1 aromatic carbocycles. The monoisotopic (exact) mass is 614 g/mol. The van der Waals surface area contributed by atoms with E-state index in [9.17, 15) is 19.2 Å². The molecular formula is C34H42N6O5. The molecule has 11 nitrogen and oxygen atoms in total. The maximum absolute atomic E-state index is 13.9. The summed E-state index contributed by atoms with van der Waals surface area (Å²) in [4.78, 5) is 59.4. The molecule has 4 atom stereocenters. The fourth-order valence-corrected chi connectivity index (χ4v) is 5.65. The minimum atomic E-state index is -0.987. The van der Waals surface area contributed by atoms with Gasteiger partial charge in [-0.15, -0.1) is 0 Å². The number of rotatable bonds is 3. The van der Waals surface area contributed by atoms with Gasteiger partial charge < -0.3 is 10.1 Å². The van der Waals surface area contributed by atoms with Crippen LogP contribution in [-0.2, 0) is 30.5 Å². The summed E-state index contributed by atoms with van der Waals surface area (Å²) in [6, 6.07) is 9.63. The molecule has 0 aliphatic carbocycles. The topological polar surface area (TPSA) is 136 Å². The quantitative estimate of drug-likeness (QED) is 0.423. The Morgan fingerprint density at radius 1 is 1.11 bits per heavy atom. The number of ketones is 1. The van der Waals surface area contributed by atoms with Gasteiger partial charge in [-0.2, -0.15) is 5.10 Å². The fraction of sp³-hybridized carbons (Fsp3) is 0.471. The number of hydrogen-bond acceptors (Lipinski definition) is 8. The van der Waals surface area contributed by atoms with Gasteiger partial charge in [0.1, 0.15) is 24.0 Å². The molecule has 2 amide bonds. The molecule has 2 aliphatic heterocycles. The van der Waals surface area contributed by atoms with Crippen LogP contribution in [0.25, 0.3) is 17.0 Å². The number of benzene rings is 1. The SMILES string of the molecule is CC(C)[C@@H]1CC(=O)C(C)(C)/C=C/c2ccc3ccc(nc3c2)[C@@H](C)OC(=O)[C@@H]2CCCN(N2)C(=O)C(Cn2cccn2)NC1=O. The summed E-state index contributed by atoms with van der Waals surface area (Å²) in [7, 11) is 0. The lowest BCUT2D eigenvalue weighted by Gasteiger charge is -2.35. The molecule has 2 N–H and O–H groups in total. The van der Waals surface area contributed by atoms with E-state index in [1.165, 1.54) is 5.01 Å². The minimum absolute atomic E-state index is 0.0138. The second kappa shape index (κ2) is 13.3. The fourth-order valence-electron chi connectivity index (χ4n) is 5.65. The molecule has 1 fully saturated rings. The predicted molar refractivity (Wildman–Crippen MR) is 169 cm³/mol. The summed E-state index contributed by atoms with van der Waals surface area (Å²) in [5.74, 6) is -2.18. The number of Topliss-reactive ketones (excluding diaryl/α,β-unsaturated/α-hetero) is 1. The first kappa shape index (κ1) is 32.0. The maximum Gasteiger partial charge on any atom is 0.325 e. The highest BCUT2D eigenvalue weighted by molar-refractivity contribution is 5.94. The summed E-state index contributed by atoms with van der Waals surface area (Å²) in [5, 5.41) is 9.47. The lowest BCUT2D eigenvalue weighted by atomic mass is 9.79. The summed E-state index contributed by atoms with van der Waals surface area (Å²) >= 11 is 0. The number of cyclic esters (lactones) is 1. The Kier molecular flexibility index (Phi) is 9.48. The Balaban J connectivity index is 1.51. The van der Waals surface area contributed by atoms with Crippen LogP contribution in [-0.4, -0.2) is 62.0 Å². The lowest BCUT2D eigenvalue weighted by molar-refractivity contribution is -0.157. The molecular weight excluding hydrogens is 572 g/mol. The number of aromatic nitrogens is 3. The molecule has 45 heavy (non-hydrogen) atoms. The largest absolute Gasteiger partial charge is 0.455 e. The van der Waals surface area contributed by atoms with Crippen LogP contribution in [0.15, 0.2) is 54.9 Å². The molecule has 11 heteroatoms. The summed E-state index contributed by atoms with van der Waals surface area (Å²) in [6.07, 6.45) is 7.49. The smallest absolute Gasteiger partial charge is 0.325 e. The van der Waals surface area contributed by atoms with E-state index < -0.39 is 41.4 Å². The number of fused-ring (bicyclic) bond motifs is 4. The number of carbonyl (C=O) groups is 4. The number of hydrogen-bond donors (Lipinski definition) is 2. The number of allylic oxidation sites excluding steroid dienone is 1. The molecule has 0 spiro atoms. The van der Waals surface area contributed by atoms with Crippen molar-refractivity contribution in [2.75, 3.05) is 6.54 Å². The molecule has 0 saturated carbocycles. The Morgan fingerprint density at radius 2 is 1.89 bits per heavy atom. The van der Waals surface area contributed by atoms with Crippen molar-refractivity contribution in [3.8, 4) is 0 Å². The average molecular weight is 615 g/mol. The summed E-state index contributed by atoms with van der Waals surface area (Å²) < 4.78 is 7.40. The van der Waals surface area contributed by atoms with Crippen LogP contribution in [0, 0.1) is 17.3 Å². The zero-order valence-electron chi connectivity index (χ0n) is 26.5. The molecule has 238 valence electrons. The van der Waals surface area contributed by atoms with Gasteiger partial charge in [-0.3, -0.25) is 28.9 Å².